The van der Waals surface area contributed by atoms with E-state index in [-0.39, 0.29) is 6.10 Å². The molecule has 2 atom stereocenters. The number of hydrogen-bond donors (Lipinski definition) is 1. The van der Waals surface area contributed by atoms with Crippen molar-refractivity contribution in [1.82, 2.24) is 5.32 Å². The molecule has 1 aliphatic carbocycles. The Bertz CT molecular complexity index is 448. The monoisotopic (exact) mass is 228 g/mol. The second-order valence-corrected chi connectivity index (χ2v) is 4.90. The van der Waals surface area contributed by atoms with Gasteiger partial charge in [0.1, 0.15) is 0 Å². The molecule has 0 aromatic heterocycles. The van der Waals surface area contributed by atoms with Crippen LogP contribution in [0.15, 0.2) is 24.3 Å². The van der Waals surface area contributed by atoms with E-state index in [4.69, 9.17) is 10.00 Å². The molecular formula is C14H16N2O. The average molecular weight is 228 g/mol. The van der Waals surface area contributed by atoms with Gasteiger partial charge in [-0.15, -0.1) is 0 Å². The number of nitrogens with zero attached hydrogens (tertiary/aromatic N) is 1. The molecule has 3 heteroatoms. The van der Waals surface area contributed by atoms with Crippen LogP contribution >= 0.6 is 0 Å². The van der Waals surface area contributed by atoms with Crippen LogP contribution in [0, 0.1) is 17.2 Å². The molecule has 3 rings (SSSR count). The fourth-order valence-corrected chi connectivity index (χ4v) is 2.41. The highest BCUT2D eigenvalue weighted by Crippen LogP contribution is 2.37. The number of nitriles is 1. The lowest BCUT2D eigenvalue weighted by Crippen LogP contribution is -2.41. The van der Waals surface area contributed by atoms with Gasteiger partial charge in [-0.25, -0.2) is 0 Å². The van der Waals surface area contributed by atoms with Crippen molar-refractivity contribution in [3.8, 4) is 6.07 Å². The van der Waals surface area contributed by atoms with E-state index in [2.05, 4.69) is 11.4 Å². The molecule has 17 heavy (non-hydrogen) atoms. The highest BCUT2D eigenvalue weighted by atomic mass is 16.5. The summed E-state index contributed by atoms with van der Waals surface area (Å²) in [5.41, 5.74) is 1.82. The molecule has 2 fully saturated rings. The minimum absolute atomic E-state index is 0.0997. The van der Waals surface area contributed by atoms with Crippen molar-refractivity contribution in [2.24, 2.45) is 5.92 Å². The lowest BCUT2D eigenvalue weighted by atomic mass is 10.0. The zero-order chi connectivity index (χ0) is 11.7. The van der Waals surface area contributed by atoms with E-state index in [0.29, 0.717) is 11.7 Å². The minimum atomic E-state index is 0.0997. The number of ether oxygens (including phenoxy) is 1. The topological polar surface area (TPSA) is 45.0 Å². The Morgan fingerprint density at radius 1 is 1.29 bits per heavy atom. The summed E-state index contributed by atoms with van der Waals surface area (Å²) < 4.78 is 6.12. The van der Waals surface area contributed by atoms with Crippen molar-refractivity contribution in [3.05, 3.63) is 35.4 Å². The molecule has 0 spiro atoms. The summed E-state index contributed by atoms with van der Waals surface area (Å²) in [6.45, 7) is 1.82. The Morgan fingerprint density at radius 3 is 2.94 bits per heavy atom. The lowest BCUT2D eigenvalue weighted by Gasteiger charge is -2.31. The summed E-state index contributed by atoms with van der Waals surface area (Å²) >= 11 is 0. The predicted octanol–water partition coefficient (Wildman–Crippen LogP) is 2.00. The van der Waals surface area contributed by atoms with Crippen LogP contribution in [0.25, 0.3) is 0 Å². The molecule has 0 bridgehead atoms. The summed E-state index contributed by atoms with van der Waals surface area (Å²) in [6.07, 6.45) is 3.07. The van der Waals surface area contributed by atoms with E-state index < -0.39 is 0 Å². The first-order chi connectivity index (χ1) is 8.36. The Kier molecular flexibility index (Phi) is 2.84. The van der Waals surface area contributed by atoms with Gasteiger partial charge in [-0.05, 0) is 36.5 Å². The smallest absolute Gasteiger partial charge is 0.0991 e. The number of nitrogens with one attached hydrogen (secondary N) is 1. The fraction of sp³-hybridized carbons (Fsp3) is 0.500. The van der Waals surface area contributed by atoms with Gasteiger partial charge in [0.05, 0.1) is 23.8 Å². The summed E-state index contributed by atoms with van der Waals surface area (Å²) in [7, 11) is 0. The fourth-order valence-electron chi connectivity index (χ4n) is 2.41. The summed E-state index contributed by atoms with van der Waals surface area (Å²) in [5.74, 6) is 0.754. The first-order valence-corrected chi connectivity index (χ1v) is 6.23. The molecule has 1 saturated carbocycles. The zero-order valence-corrected chi connectivity index (χ0v) is 9.73. The molecule has 3 nitrogen and oxygen atoms in total. The number of rotatable bonds is 2. The molecule has 1 heterocycles. The van der Waals surface area contributed by atoms with E-state index in [1.165, 1.54) is 12.8 Å². The van der Waals surface area contributed by atoms with E-state index in [1.54, 1.807) is 0 Å². The number of morpholine rings is 1. The van der Waals surface area contributed by atoms with Crippen LogP contribution in [-0.2, 0) is 4.74 Å². The molecule has 0 radical (unpaired) electrons. The predicted molar refractivity (Wildman–Crippen MR) is 64.4 cm³/mol. The number of hydrogen-bond acceptors (Lipinski definition) is 3. The molecule has 1 N–H and O–H groups in total. The van der Waals surface area contributed by atoms with Gasteiger partial charge in [-0.3, -0.25) is 0 Å². The Balaban J connectivity index is 1.75. The highest BCUT2D eigenvalue weighted by Gasteiger charge is 2.35. The normalized spacial score (nSPS) is 28.6. The minimum Gasteiger partial charge on any atom is -0.367 e. The zero-order valence-electron chi connectivity index (χ0n) is 9.73. The van der Waals surface area contributed by atoms with Gasteiger partial charge >= 0.3 is 0 Å². The molecule has 1 saturated heterocycles. The Labute approximate surface area is 101 Å². The van der Waals surface area contributed by atoms with Gasteiger partial charge in [0.15, 0.2) is 0 Å². The van der Waals surface area contributed by atoms with Crippen LogP contribution in [0.5, 0.6) is 0 Å². The van der Waals surface area contributed by atoms with Crippen LogP contribution < -0.4 is 5.32 Å². The van der Waals surface area contributed by atoms with E-state index in [9.17, 15) is 0 Å². The van der Waals surface area contributed by atoms with Crippen LogP contribution in [0.2, 0.25) is 0 Å². The maximum absolute atomic E-state index is 8.90. The molecule has 2 unspecified atom stereocenters. The van der Waals surface area contributed by atoms with Crippen molar-refractivity contribution >= 4 is 0 Å². The van der Waals surface area contributed by atoms with E-state index in [1.807, 2.05) is 24.3 Å². The Morgan fingerprint density at radius 2 is 2.18 bits per heavy atom. The molecular weight excluding hydrogens is 212 g/mol. The Hall–Kier alpha value is -1.37. The molecule has 1 aromatic rings. The molecule has 1 aliphatic heterocycles. The average Bonchev–Trinajstić information content (AvgIpc) is 3.23. The molecule has 88 valence electrons. The summed E-state index contributed by atoms with van der Waals surface area (Å²) in [4.78, 5) is 0. The SMILES string of the molecule is N#Cc1cccc(C2CNCC(C3CC3)O2)c1. The standard InChI is InChI=1S/C14H16N2O/c15-7-10-2-1-3-12(6-10)14-9-16-8-13(17-14)11-4-5-11/h1-3,6,11,13-14,16H,4-5,8-9H2. The second-order valence-electron chi connectivity index (χ2n) is 4.90. The van der Waals surface area contributed by atoms with Gasteiger partial charge in [0, 0.05) is 13.1 Å². The largest absolute Gasteiger partial charge is 0.367 e. The van der Waals surface area contributed by atoms with Crippen molar-refractivity contribution in [2.75, 3.05) is 13.1 Å². The van der Waals surface area contributed by atoms with Gasteiger partial charge in [0.2, 0.25) is 0 Å². The number of benzene rings is 1. The van der Waals surface area contributed by atoms with Crippen LogP contribution in [0.4, 0.5) is 0 Å². The summed E-state index contributed by atoms with van der Waals surface area (Å²) in [6, 6.07) is 9.91. The molecule has 0 amide bonds. The van der Waals surface area contributed by atoms with Crippen LogP contribution in [-0.4, -0.2) is 19.2 Å². The third-order valence-corrected chi connectivity index (χ3v) is 3.55. The first kappa shape index (κ1) is 10.8. The second kappa shape index (κ2) is 4.48. The van der Waals surface area contributed by atoms with E-state index >= 15 is 0 Å². The molecule has 2 aliphatic rings. The van der Waals surface area contributed by atoms with Crippen molar-refractivity contribution in [2.45, 2.75) is 25.0 Å². The van der Waals surface area contributed by atoms with Gasteiger partial charge in [0.25, 0.3) is 0 Å². The molecule has 1 aromatic carbocycles. The lowest BCUT2D eigenvalue weighted by molar-refractivity contribution is -0.0493. The highest BCUT2D eigenvalue weighted by molar-refractivity contribution is 5.34. The quantitative estimate of drug-likeness (QED) is 0.842. The summed E-state index contributed by atoms with van der Waals surface area (Å²) in [5, 5.41) is 12.3. The first-order valence-electron chi connectivity index (χ1n) is 6.23. The third-order valence-electron chi connectivity index (χ3n) is 3.55. The van der Waals surface area contributed by atoms with Crippen LogP contribution in [0.3, 0.4) is 0 Å². The van der Waals surface area contributed by atoms with E-state index in [0.717, 1.165) is 24.6 Å². The van der Waals surface area contributed by atoms with Crippen molar-refractivity contribution < 1.29 is 4.74 Å². The van der Waals surface area contributed by atoms with Crippen molar-refractivity contribution in [3.63, 3.8) is 0 Å². The maximum Gasteiger partial charge on any atom is 0.0991 e. The maximum atomic E-state index is 8.90. The van der Waals surface area contributed by atoms with Gasteiger partial charge < -0.3 is 10.1 Å². The van der Waals surface area contributed by atoms with Crippen molar-refractivity contribution in [1.29, 1.82) is 5.26 Å². The van der Waals surface area contributed by atoms with Gasteiger partial charge in [-0.2, -0.15) is 5.26 Å². The third kappa shape index (κ3) is 2.33. The van der Waals surface area contributed by atoms with Gasteiger partial charge in [-0.1, -0.05) is 12.1 Å². The van der Waals surface area contributed by atoms with Crippen LogP contribution in [0.1, 0.15) is 30.1 Å².